The summed E-state index contributed by atoms with van der Waals surface area (Å²) in [6.07, 6.45) is 2.27. The molecule has 0 saturated heterocycles. The molecule has 0 bridgehead atoms. The normalized spacial score (nSPS) is 13.3. The van der Waals surface area contributed by atoms with Gasteiger partial charge in [-0.3, -0.25) is 0 Å². The third-order valence-corrected chi connectivity index (χ3v) is 6.42. The highest BCUT2D eigenvalue weighted by Crippen LogP contribution is 2.53. The Kier molecular flexibility index (Phi) is 3.88. The highest BCUT2D eigenvalue weighted by Gasteiger charge is 2.45. The number of benzene rings is 4. The number of rotatable bonds is 1. The van der Waals surface area contributed by atoms with E-state index in [2.05, 4.69) is 115 Å². The molecule has 1 aliphatic carbocycles. The third-order valence-electron chi connectivity index (χ3n) is 6.42. The largest absolute Gasteiger partial charge is 0.350 e. The molecular weight excluding hydrogens is 374 g/mol. The van der Waals surface area contributed by atoms with E-state index < -0.39 is 5.41 Å². The predicted octanol–water partition coefficient (Wildman–Crippen LogP) is 6.54. The van der Waals surface area contributed by atoms with Crippen LogP contribution in [0.1, 0.15) is 22.3 Å². The summed E-state index contributed by atoms with van der Waals surface area (Å²) in [7, 11) is 2.12. The van der Waals surface area contributed by atoms with Gasteiger partial charge in [-0.1, -0.05) is 96.8 Å². The molecule has 1 nitrogen and oxygen atoms in total. The molecule has 0 radical (unpaired) electrons. The summed E-state index contributed by atoms with van der Waals surface area (Å²) in [5, 5.41) is 1.25. The van der Waals surface area contributed by atoms with Gasteiger partial charge >= 0.3 is 0 Å². The van der Waals surface area contributed by atoms with Crippen LogP contribution in [0.3, 0.4) is 0 Å². The molecule has 0 spiro atoms. The van der Waals surface area contributed by atoms with E-state index in [1.54, 1.807) is 0 Å². The Balaban J connectivity index is 1.77. The number of para-hydroxylation sites is 1. The lowest BCUT2D eigenvalue weighted by Gasteiger charge is -2.26. The average molecular weight is 396 g/mol. The molecule has 1 heterocycles. The fourth-order valence-corrected chi connectivity index (χ4v) is 5.06. The summed E-state index contributed by atoms with van der Waals surface area (Å²) in [6, 6.07) is 36.4. The van der Waals surface area contributed by atoms with E-state index in [1.807, 2.05) is 18.2 Å². The van der Waals surface area contributed by atoms with E-state index >= 15 is 0 Å². The van der Waals surface area contributed by atoms with Crippen molar-refractivity contribution in [2.75, 3.05) is 0 Å². The van der Waals surface area contributed by atoms with Gasteiger partial charge < -0.3 is 4.57 Å². The van der Waals surface area contributed by atoms with Gasteiger partial charge in [0.25, 0.3) is 0 Å². The number of nitrogens with zero attached hydrogens (tertiary/aromatic N) is 1. The zero-order valence-electron chi connectivity index (χ0n) is 17.3. The van der Waals surface area contributed by atoms with E-state index in [1.165, 1.54) is 38.7 Å². The zero-order valence-corrected chi connectivity index (χ0v) is 17.3. The standard InChI is InChI=1S/C30H21N/c1-31-21-28(25-15-7-10-18-29(25)31)30(20-19-22-11-3-2-4-12-22)26-16-8-5-13-23(26)24-14-6-9-17-27(24)30/h2-18,21H,1H3. The third kappa shape index (κ3) is 2.52. The van der Waals surface area contributed by atoms with Gasteiger partial charge in [0.1, 0.15) is 5.41 Å². The van der Waals surface area contributed by atoms with Crippen LogP contribution in [0.4, 0.5) is 0 Å². The minimum atomic E-state index is -0.524. The lowest BCUT2D eigenvalue weighted by Crippen LogP contribution is -2.24. The molecule has 0 atom stereocenters. The minimum absolute atomic E-state index is 0.524. The zero-order chi connectivity index (χ0) is 20.8. The van der Waals surface area contributed by atoms with Crippen LogP contribution in [0.25, 0.3) is 22.0 Å². The smallest absolute Gasteiger partial charge is 0.110 e. The van der Waals surface area contributed by atoms with Gasteiger partial charge in [0.15, 0.2) is 0 Å². The van der Waals surface area contributed by atoms with E-state index in [0.29, 0.717) is 0 Å². The van der Waals surface area contributed by atoms with Crippen LogP contribution in [0, 0.1) is 11.8 Å². The van der Waals surface area contributed by atoms with Crippen LogP contribution < -0.4 is 0 Å². The SMILES string of the molecule is Cn1cc(C2(C#Cc3ccccc3)c3ccccc3-c3ccccc32)c2ccccc21. The van der Waals surface area contributed by atoms with Gasteiger partial charge in [-0.15, -0.1) is 0 Å². The van der Waals surface area contributed by atoms with Crippen molar-refractivity contribution in [1.82, 2.24) is 4.57 Å². The molecule has 0 fully saturated rings. The number of aryl methyl sites for hydroxylation is 1. The van der Waals surface area contributed by atoms with Crippen molar-refractivity contribution in [2.24, 2.45) is 7.05 Å². The quantitative estimate of drug-likeness (QED) is 0.284. The lowest BCUT2D eigenvalue weighted by molar-refractivity contribution is 0.831. The maximum absolute atomic E-state index is 3.78. The van der Waals surface area contributed by atoms with E-state index in [0.717, 1.165) is 5.56 Å². The highest BCUT2D eigenvalue weighted by atomic mass is 14.9. The molecule has 146 valence electrons. The minimum Gasteiger partial charge on any atom is -0.350 e. The van der Waals surface area contributed by atoms with Gasteiger partial charge in [0.05, 0.1) is 0 Å². The summed E-state index contributed by atoms with van der Waals surface area (Å²) >= 11 is 0. The maximum atomic E-state index is 3.78. The van der Waals surface area contributed by atoms with Crippen LogP contribution in [0.5, 0.6) is 0 Å². The van der Waals surface area contributed by atoms with Gasteiger partial charge in [-0.05, 0) is 40.5 Å². The number of hydrogen-bond acceptors (Lipinski definition) is 0. The molecule has 1 heteroatoms. The first-order chi connectivity index (χ1) is 15.3. The van der Waals surface area contributed by atoms with Gasteiger partial charge in [0.2, 0.25) is 0 Å². The molecule has 0 N–H and O–H groups in total. The topological polar surface area (TPSA) is 4.93 Å². The van der Waals surface area contributed by atoms with Gasteiger partial charge in [-0.2, -0.15) is 0 Å². The Morgan fingerprint density at radius 1 is 0.613 bits per heavy atom. The van der Waals surface area contributed by atoms with Gasteiger partial charge in [0, 0.05) is 35.3 Å². The van der Waals surface area contributed by atoms with Crippen molar-refractivity contribution in [3.8, 4) is 23.0 Å². The first kappa shape index (κ1) is 17.8. The Labute approximate surface area is 182 Å². The van der Waals surface area contributed by atoms with Crippen LogP contribution in [-0.4, -0.2) is 4.57 Å². The van der Waals surface area contributed by atoms with Crippen molar-refractivity contribution in [3.05, 3.63) is 132 Å². The summed E-state index contributed by atoms with van der Waals surface area (Å²) in [5.74, 6) is 7.30. The Morgan fingerprint density at radius 3 is 1.90 bits per heavy atom. The molecule has 31 heavy (non-hydrogen) atoms. The number of hydrogen-bond donors (Lipinski definition) is 0. The van der Waals surface area contributed by atoms with E-state index in [4.69, 9.17) is 0 Å². The summed E-state index contributed by atoms with van der Waals surface area (Å²) in [4.78, 5) is 0. The monoisotopic (exact) mass is 395 g/mol. The Morgan fingerprint density at radius 2 is 1.19 bits per heavy atom. The fraction of sp³-hybridized carbons (Fsp3) is 0.0667. The van der Waals surface area contributed by atoms with Crippen LogP contribution in [0.2, 0.25) is 0 Å². The van der Waals surface area contributed by atoms with Gasteiger partial charge in [-0.25, -0.2) is 0 Å². The predicted molar refractivity (Wildman–Crippen MR) is 128 cm³/mol. The summed E-state index contributed by atoms with van der Waals surface area (Å²) in [5.41, 5.74) is 8.04. The summed E-state index contributed by atoms with van der Waals surface area (Å²) < 4.78 is 2.22. The molecule has 6 rings (SSSR count). The first-order valence-corrected chi connectivity index (χ1v) is 10.6. The number of aromatic nitrogens is 1. The van der Waals surface area contributed by atoms with Crippen molar-refractivity contribution in [1.29, 1.82) is 0 Å². The maximum Gasteiger partial charge on any atom is 0.110 e. The second-order valence-electron chi connectivity index (χ2n) is 8.13. The highest BCUT2D eigenvalue weighted by molar-refractivity contribution is 5.93. The Hall–Kier alpha value is -4.02. The second kappa shape index (κ2) is 6.76. The van der Waals surface area contributed by atoms with E-state index in [9.17, 15) is 0 Å². The molecule has 1 aromatic heterocycles. The molecule has 4 aromatic carbocycles. The Bertz CT molecular complexity index is 1450. The fourth-order valence-electron chi connectivity index (χ4n) is 5.06. The molecule has 0 amide bonds. The van der Waals surface area contributed by atoms with Crippen LogP contribution in [-0.2, 0) is 12.5 Å². The van der Waals surface area contributed by atoms with Crippen LogP contribution >= 0.6 is 0 Å². The second-order valence-corrected chi connectivity index (χ2v) is 8.13. The summed E-state index contributed by atoms with van der Waals surface area (Å²) in [6.45, 7) is 0. The average Bonchev–Trinajstić information content (AvgIpc) is 3.32. The first-order valence-electron chi connectivity index (χ1n) is 10.6. The number of fused-ring (bicyclic) bond motifs is 4. The van der Waals surface area contributed by atoms with Crippen molar-refractivity contribution in [2.45, 2.75) is 5.41 Å². The van der Waals surface area contributed by atoms with Crippen molar-refractivity contribution >= 4 is 10.9 Å². The van der Waals surface area contributed by atoms with Crippen molar-refractivity contribution < 1.29 is 0 Å². The van der Waals surface area contributed by atoms with E-state index in [-0.39, 0.29) is 0 Å². The lowest BCUT2D eigenvalue weighted by atomic mass is 9.72. The van der Waals surface area contributed by atoms with Crippen LogP contribution in [0.15, 0.2) is 109 Å². The molecule has 0 aliphatic heterocycles. The molecule has 0 unspecified atom stereocenters. The molecule has 5 aromatic rings. The van der Waals surface area contributed by atoms with Crippen molar-refractivity contribution in [3.63, 3.8) is 0 Å². The molecular formula is C30H21N. The molecule has 1 aliphatic rings. The molecule has 0 saturated carbocycles.